The Balaban J connectivity index is 1.70. The largest absolute Gasteiger partial charge is 0.373 e. The van der Waals surface area contributed by atoms with Crippen LogP contribution in [-0.4, -0.2) is 30.9 Å². The molecule has 1 aromatic heterocycles. The van der Waals surface area contributed by atoms with E-state index >= 15 is 0 Å². The van der Waals surface area contributed by atoms with Crippen LogP contribution in [0.2, 0.25) is 0 Å². The standard InChI is InChI=1S/C20H20N2OS/c1-14-16-8-4-6-10-18(16)24-19(14)20(23)22-12-11-21(2)17-9-5-3-7-15(17)13-22/h3-10H,11-13H2,1-2H3. The molecule has 0 N–H and O–H groups in total. The highest BCUT2D eigenvalue weighted by Gasteiger charge is 2.25. The van der Waals surface area contributed by atoms with Crippen LogP contribution in [0.25, 0.3) is 10.1 Å². The zero-order chi connectivity index (χ0) is 16.7. The summed E-state index contributed by atoms with van der Waals surface area (Å²) < 4.78 is 1.19. The van der Waals surface area contributed by atoms with Crippen LogP contribution in [0, 0.1) is 6.92 Å². The second-order valence-electron chi connectivity index (χ2n) is 6.33. The molecule has 2 heterocycles. The van der Waals surface area contributed by atoms with Crippen molar-refractivity contribution in [2.45, 2.75) is 13.5 Å². The van der Waals surface area contributed by atoms with Crippen molar-refractivity contribution in [1.82, 2.24) is 4.90 Å². The van der Waals surface area contributed by atoms with Gasteiger partial charge in [-0.25, -0.2) is 0 Å². The van der Waals surface area contributed by atoms with Crippen molar-refractivity contribution < 1.29 is 4.79 Å². The molecule has 24 heavy (non-hydrogen) atoms. The first kappa shape index (κ1) is 15.2. The van der Waals surface area contributed by atoms with Gasteiger partial charge in [-0.1, -0.05) is 36.4 Å². The van der Waals surface area contributed by atoms with Crippen molar-refractivity contribution in [1.29, 1.82) is 0 Å². The summed E-state index contributed by atoms with van der Waals surface area (Å²) in [5.41, 5.74) is 3.54. The third kappa shape index (κ3) is 2.47. The second-order valence-corrected chi connectivity index (χ2v) is 7.38. The molecule has 0 fully saturated rings. The van der Waals surface area contributed by atoms with Gasteiger partial charge in [-0.2, -0.15) is 0 Å². The van der Waals surface area contributed by atoms with Crippen LogP contribution in [0.3, 0.4) is 0 Å². The van der Waals surface area contributed by atoms with Gasteiger partial charge in [0.1, 0.15) is 0 Å². The van der Waals surface area contributed by atoms with Crippen LogP contribution in [-0.2, 0) is 6.54 Å². The number of para-hydroxylation sites is 1. The molecule has 0 atom stereocenters. The smallest absolute Gasteiger partial charge is 0.264 e. The Labute approximate surface area is 146 Å². The molecule has 122 valence electrons. The van der Waals surface area contributed by atoms with Gasteiger partial charge in [0.25, 0.3) is 5.91 Å². The van der Waals surface area contributed by atoms with Crippen LogP contribution >= 0.6 is 11.3 Å². The number of hydrogen-bond acceptors (Lipinski definition) is 3. The number of fused-ring (bicyclic) bond motifs is 2. The van der Waals surface area contributed by atoms with Gasteiger partial charge < -0.3 is 9.80 Å². The fraction of sp³-hybridized carbons (Fsp3) is 0.250. The lowest BCUT2D eigenvalue weighted by atomic mass is 10.1. The molecule has 1 aliphatic rings. The van der Waals surface area contributed by atoms with E-state index in [2.05, 4.69) is 49.2 Å². The lowest BCUT2D eigenvalue weighted by molar-refractivity contribution is 0.0756. The number of likely N-dealkylation sites (N-methyl/N-ethyl adjacent to an activating group) is 1. The Kier molecular flexibility index (Phi) is 3.77. The summed E-state index contributed by atoms with van der Waals surface area (Å²) in [5.74, 6) is 0.152. The fourth-order valence-electron chi connectivity index (χ4n) is 3.39. The van der Waals surface area contributed by atoms with Crippen LogP contribution in [0.1, 0.15) is 20.8 Å². The molecule has 0 saturated heterocycles. The van der Waals surface area contributed by atoms with E-state index in [1.54, 1.807) is 11.3 Å². The van der Waals surface area contributed by atoms with Crippen LogP contribution in [0.5, 0.6) is 0 Å². The first-order valence-corrected chi connectivity index (χ1v) is 9.03. The highest BCUT2D eigenvalue weighted by Crippen LogP contribution is 2.32. The number of anilines is 1. The van der Waals surface area contributed by atoms with Crippen LogP contribution < -0.4 is 4.90 Å². The van der Waals surface area contributed by atoms with Crippen LogP contribution in [0.4, 0.5) is 5.69 Å². The minimum absolute atomic E-state index is 0.152. The van der Waals surface area contributed by atoms with Gasteiger partial charge in [0.2, 0.25) is 0 Å². The highest BCUT2D eigenvalue weighted by molar-refractivity contribution is 7.21. The first-order valence-electron chi connectivity index (χ1n) is 8.21. The molecule has 0 spiro atoms. The molecular weight excluding hydrogens is 316 g/mol. The molecule has 1 amide bonds. The van der Waals surface area contributed by atoms with Gasteiger partial charge in [0.05, 0.1) is 4.88 Å². The van der Waals surface area contributed by atoms with Crippen molar-refractivity contribution >= 4 is 33.0 Å². The molecule has 0 saturated carbocycles. The van der Waals surface area contributed by atoms with Gasteiger partial charge in [-0.05, 0) is 35.6 Å². The fourth-order valence-corrected chi connectivity index (χ4v) is 4.57. The van der Waals surface area contributed by atoms with E-state index in [1.165, 1.54) is 21.3 Å². The number of hydrogen-bond donors (Lipinski definition) is 0. The van der Waals surface area contributed by atoms with Gasteiger partial charge in [0.15, 0.2) is 0 Å². The Hall–Kier alpha value is -2.33. The quantitative estimate of drug-likeness (QED) is 0.661. The average molecular weight is 336 g/mol. The number of benzene rings is 2. The summed E-state index contributed by atoms with van der Waals surface area (Å²) in [6, 6.07) is 16.6. The zero-order valence-electron chi connectivity index (χ0n) is 14.0. The predicted octanol–water partition coefficient (Wildman–Crippen LogP) is 4.30. The lowest BCUT2D eigenvalue weighted by Gasteiger charge is -2.20. The van der Waals surface area contributed by atoms with Crippen molar-refractivity contribution in [3.63, 3.8) is 0 Å². The first-order chi connectivity index (χ1) is 11.6. The third-order valence-electron chi connectivity index (χ3n) is 4.79. The SMILES string of the molecule is Cc1c(C(=O)N2CCN(C)c3ccccc3C2)sc2ccccc12. The molecule has 1 aliphatic heterocycles. The number of amides is 1. The van der Waals surface area contributed by atoms with Gasteiger partial charge in [0, 0.05) is 37.1 Å². The summed E-state index contributed by atoms with van der Waals surface area (Å²) in [4.78, 5) is 18.3. The number of carbonyl (C=O) groups is 1. The molecule has 4 heteroatoms. The van der Waals surface area contributed by atoms with E-state index in [1.807, 2.05) is 23.1 Å². The Morgan fingerprint density at radius 2 is 1.79 bits per heavy atom. The second kappa shape index (κ2) is 5.95. The minimum Gasteiger partial charge on any atom is -0.373 e. The van der Waals surface area contributed by atoms with Crippen molar-refractivity contribution in [3.8, 4) is 0 Å². The van der Waals surface area contributed by atoms with E-state index in [-0.39, 0.29) is 5.91 Å². The molecule has 0 bridgehead atoms. The molecule has 0 aliphatic carbocycles. The van der Waals surface area contributed by atoms with Gasteiger partial charge in [-0.15, -0.1) is 11.3 Å². The summed E-state index contributed by atoms with van der Waals surface area (Å²) >= 11 is 1.61. The number of carbonyl (C=O) groups excluding carboxylic acids is 1. The Morgan fingerprint density at radius 3 is 2.62 bits per heavy atom. The molecule has 2 aromatic carbocycles. The van der Waals surface area contributed by atoms with E-state index in [0.29, 0.717) is 6.54 Å². The van der Waals surface area contributed by atoms with E-state index in [4.69, 9.17) is 0 Å². The maximum absolute atomic E-state index is 13.2. The summed E-state index contributed by atoms with van der Waals surface area (Å²) in [6.07, 6.45) is 0. The van der Waals surface area contributed by atoms with Crippen molar-refractivity contribution in [2.75, 3.05) is 25.0 Å². The van der Waals surface area contributed by atoms with E-state index < -0.39 is 0 Å². The van der Waals surface area contributed by atoms with E-state index in [9.17, 15) is 4.79 Å². The average Bonchev–Trinajstić information content (AvgIpc) is 2.85. The topological polar surface area (TPSA) is 23.6 Å². The maximum atomic E-state index is 13.2. The molecule has 3 nitrogen and oxygen atoms in total. The highest BCUT2D eigenvalue weighted by atomic mass is 32.1. The Bertz CT molecular complexity index is 915. The van der Waals surface area contributed by atoms with Gasteiger partial charge >= 0.3 is 0 Å². The minimum atomic E-state index is 0.152. The van der Waals surface area contributed by atoms with Gasteiger partial charge in [-0.3, -0.25) is 4.79 Å². The summed E-state index contributed by atoms with van der Waals surface area (Å²) in [7, 11) is 2.09. The zero-order valence-corrected chi connectivity index (χ0v) is 14.8. The molecule has 3 aromatic rings. The number of aryl methyl sites for hydroxylation is 1. The van der Waals surface area contributed by atoms with Crippen molar-refractivity contribution in [3.05, 3.63) is 64.5 Å². The maximum Gasteiger partial charge on any atom is 0.264 e. The normalized spacial score (nSPS) is 14.6. The van der Waals surface area contributed by atoms with Crippen molar-refractivity contribution in [2.24, 2.45) is 0 Å². The Morgan fingerprint density at radius 1 is 1.04 bits per heavy atom. The summed E-state index contributed by atoms with van der Waals surface area (Å²) in [6.45, 7) is 4.33. The molecule has 0 unspecified atom stereocenters. The molecular formula is C20H20N2OS. The number of rotatable bonds is 1. The van der Waals surface area contributed by atoms with Crippen LogP contribution in [0.15, 0.2) is 48.5 Å². The predicted molar refractivity (Wildman–Crippen MR) is 101 cm³/mol. The lowest BCUT2D eigenvalue weighted by Crippen LogP contribution is -2.34. The molecule has 4 rings (SSSR count). The monoisotopic (exact) mass is 336 g/mol. The number of nitrogens with zero attached hydrogens (tertiary/aromatic N) is 2. The summed E-state index contributed by atoms with van der Waals surface area (Å²) in [5, 5.41) is 1.19. The molecule has 0 radical (unpaired) electrons. The number of thiophene rings is 1. The van der Waals surface area contributed by atoms with E-state index in [0.717, 1.165) is 23.5 Å². The third-order valence-corrected chi connectivity index (χ3v) is 6.06.